The molecule has 0 saturated heterocycles. The van der Waals surface area contributed by atoms with Gasteiger partial charge in [-0.1, -0.05) is 18.6 Å². The predicted molar refractivity (Wildman–Crippen MR) is 79.1 cm³/mol. The van der Waals surface area contributed by atoms with E-state index in [4.69, 9.17) is 0 Å². The molecule has 0 bridgehead atoms. The molecule has 0 radical (unpaired) electrons. The molecule has 3 fully saturated rings. The fraction of sp³-hybridized carbons (Fsp3) is 0.889. The predicted octanol–water partition coefficient (Wildman–Crippen LogP) is 3.28. The van der Waals surface area contributed by atoms with E-state index in [0.717, 1.165) is 30.6 Å². The second-order valence-corrected chi connectivity index (χ2v) is 8.25. The van der Waals surface area contributed by atoms with Crippen molar-refractivity contribution in [1.82, 2.24) is 0 Å². The molecule has 0 heterocycles. The van der Waals surface area contributed by atoms with E-state index in [-0.39, 0.29) is 11.5 Å². The van der Waals surface area contributed by atoms with Crippen LogP contribution in [0.15, 0.2) is 11.6 Å². The van der Waals surface area contributed by atoms with Crippen LogP contribution in [0, 0.1) is 28.6 Å². The first-order chi connectivity index (χ1) is 9.59. The SMILES string of the molecule is CC12CCC(O)CC1=CCC1C3CCC3(CO)CCC12. The van der Waals surface area contributed by atoms with Crippen LogP contribution in [-0.2, 0) is 0 Å². The summed E-state index contributed by atoms with van der Waals surface area (Å²) >= 11 is 0. The molecule has 0 aromatic heterocycles. The molecular formula is C18H28O2. The van der Waals surface area contributed by atoms with E-state index < -0.39 is 0 Å². The first kappa shape index (κ1) is 13.3. The highest BCUT2D eigenvalue weighted by molar-refractivity contribution is 5.25. The zero-order chi connectivity index (χ0) is 14.0. The fourth-order valence-electron chi connectivity index (χ4n) is 6.26. The maximum Gasteiger partial charge on any atom is 0.0577 e. The Morgan fingerprint density at radius 2 is 1.90 bits per heavy atom. The summed E-state index contributed by atoms with van der Waals surface area (Å²) in [5, 5.41) is 19.8. The van der Waals surface area contributed by atoms with Crippen LogP contribution in [0.3, 0.4) is 0 Å². The van der Waals surface area contributed by atoms with Gasteiger partial charge in [-0.2, -0.15) is 0 Å². The zero-order valence-corrected chi connectivity index (χ0v) is 12.6. The van der Waals surface area contributed by atoms with Crippen molar-refractivity contribution in [2.45, 2.75) is 64.4 Å². The van der Waals surface area contributed by atoms with Crippen LogP contribution in [0.4, 0.5) is 0 Å². The molecule has 20 heavy (non-hydrogen) atoms. The molecule has 2 nitrogen and oxygen atoms in total. The Morgan fingerprint density at radius 1 is 1.15 bits per heavy atom. The highest BCUT2D eigenvalue weighted by Crippen LogP contribution is 2.66. The average molecular weight is 276 g/mol. The molecule has 6 unspecified atom stereocenters. The van der Waals surface area contributed by atoms with Crippen molar-refractivity contribution in [3.8, 4) is 0 Å². The van der Waals surface area contributed by atoms with Crippen molar-refractivity contribution >= 4 is 0 Å². The summed E-state index contributed by atoms with van der Waals surface area (Å²) in [6, 6.07) is 0. The second-order valence-electron chi connectivity index (χ2n) is 8.25. The summed E-state index contributed by atoms with van der Waals surface area (Å²) in [5.41, 5.74) is 2.18. The monoisotopic (exact) mass is 276 g/mol. The smallest absolute Gasteiger partial charge is 0.0577 e. The normalized spacial score (nSPS) is 54.0. The van der Waals surface area contributed by atoms with Gasteiger partial charge in [0.2, 0.25) is 0 Å². The lowest BCUT2D eigenvalue weighted by Gasteiger charge is -2.63. The van der Waals surface area contributed by atoms with Gasteiger partial charge in [-0.3, -0.25) is 0 Å². The maximum absolute atomic E-state index is 9.97. The molecule has 3 saturated carbocycles. The van der Waals surface area contributed by atoms with Crippen molar-refractivity contribution in [2.24, 2.45) is 28.6 Å². The van der Waals surface area contributed by atoms with Gasteiger partial charge < -0.3 is 10.2 Å². The van der Waals surface area contributed by atoms with Crippen molar-refractivity contribution in [2.75, 3.05) is 6.61 Å². The van der Waals surface area contributed by atoms with Crippen LogP contribution in [0.2, 0.25) is 0 Å². The highest BCUT2D eigenvalue weighted by Gasteiger charge is 2.59. The molecular weight excluding hydrogens is 248 g/mol. The fourth-order valence-corrected chi connectivity index (χ4v) is 6.26. The van der Waals surface area contributed by atoms with Gasteiger partial charge in [-0.25, -0.2) is 0 Å². The van der Waals surface area contributed by atoms with Crippen LogP contribution in [0.25, 0.3) is 0 Å². The lowest BCUT2D eigenvalue weighted by molar-refractivity contribution is -0.137. The summed E-state index contributed by atoms with van der Waals surface area (Å²) in [7, 11) is 0. The summed E-state index contributed by atoms with van der Waals surface area (Å²) in [5.74, 6) is 2.38. The number of aliphatic hydroxyl groups excluding tert-OH is 2. The standard InChI is InChI=1S/C18H28O2/c1-17-7-4-13(20)10-12(17)2-3-14-15(17)5-8-18(11-19)9-6-16(14)18/h2,13-16,19-20H,3-11H2,1H3. The number of allylic oxidation sites excluding steroid dienone is 1. The largest absolute Gasteiger partial charge is 0.396 e. The molecule has 112 valence electrons. The number of aliphatic hydroxyl groups is 2. The van der Waals surface area contributed by atoms with E-state index >= 15 is 0 Å². The van der Waals surface area contributed by atoms with Gasteiger partial charge in [0.25, 0.3) is 0 Å². The second kappa shape index (κ2) is 4.33. The minimum atomic E-state index is -0.102. The molecule has 4 aliphatic rings. The van der Waals surface area contributed by atoms with Crippen LogP contribution >= 0.6 is 0 Å². The van der Waals surface area contributed by atoms with E-state index in [1.54, 1.807) is 5.57 Å². The molecule has 0 aromatic carbocycles. The van der Waals surface area contributed by atoms with Crippen LogP contribution in [-0.4, -0.2) is 22.9 Å². The Labute approximate surface area is 122 Å². The molecule has 6 atom stereocenters. The van der Waals surface area contributed by atoms with Crippen molar-refractivity contribution < 1.29 is 10.2 Å². The molecule has 2 heteroatoms. The van der Waals surface area contributed by atoms with E-state index in [0.29, 0.717) is 12.0 Å². The Balaban J connectivity index is 1.65. The summed E-state index contributed by atoms with van der Waals surface area (Å²) < 4.78 is 0. The van der Waals surface area contributed by atoms with E-state index in [9.17, 15) is 10.2 Å². The van der Waals surface area contributed by atoms with Gasteiger partial charge in [-0.05, 0) is 80.0 Å². The minimum absolute atomic E-state index is 0.102. The molecule has 0 aliphatic heterocycles. The number of hydrogen-bond acceptors (Lipinski definition) is 2. The Hall–Kier alpha value is -0.340. The molecule has 4 rings (SSSR count). The zero-order valence-electron chi connectivity index (χ0n) is 12.6. The summed E-state index contributed by atoms with van der Waals surface area (Å²) in [6.07, 6.45) is 11.8. The van der Waals surface area contributed by atoms with E-state index in [1.807, 2.05) is 0 Å². The Morgan fingerprint density at radius 3 is 2.60 bits per heavy atom. The van der Waals surface area contributed by atoms with Gasteiger partial charge in [-0.15, -0.1) is 0 Å². The lowest BCUT2D eigenvalue weighted by Crippen LogP contribution is -2.56. The van der Waals surface area contributed by atoms with Gasteiger partial charge in [0.15, 0.2) is 0 Å². The minimum Gasteiger partial charge on any atom is -0.396 e. The summed E-state index contributed by atoms with van der Waals surface area (Å²) in [6.45, 7) is 2.87. The third-order valence-electron chi connectivity index (χ3n) is 7.68. The van der Waals surface area contributed by atoms with Crippen molar-refractivity contribution in [1.29, 1.82) is 0 Å². The van der Waals surface area contributed by atoms with Crippen LogP contribution < -0.4 is 0 Å². The maximum atomic E-state index is 9.97. The molecule has 2 N–H and O–H groups in total. The average Bonchev–Trinajstić information content (AvgIpc) is 2.41. The number of rotatable bonds is 1. The molecule has 0 aromatic rings. The first-order valence-electron chi connectivity index (χ1n) is 8.57. The van der Waals surface area contributed by atoms with E-state index in [2.05, 4.69) is 13.0 Å². The van der Waals surface area contributed by atoms with Gasteiger partial charge in [0, 0.05) is 6.61 Å². The van der Waals surface area contributed by atoms with Gasteiger partial charge >= 0.3 is 0 Å². The number of hydrogen-bond donors (Lipinski definition) is 2. The Kier molecular flexibility index (Phi) is 2.89. The highest BCUT2D eigenvalue weighted by atomic mass is 16.3. The van der Waals surface area contributed by atoms with E-state index in [1.165, 1.54) is 38.5 Å². The molecule has 0 spiro atoms. The van der Waals surface area contributed by atoms with Crippen molar-refractivity contribution in [3.63, 3.8) is 0 Å². The Bertz CT molecular complexity index is 439. The van der Waals surface area contributed by atoms with Crippen LogP contribution in [0.1, 0.15) is 58.3 Å². The molecule has 0 amide bonds. The van der Waals surface area contributed by atoms with Gasteiger partial charge in [0.1, 0.15) is 0 Å². The third kappa shape index (κ3) is 1.58. The van der Waals surface area contributed by atoms with Gasteiger partial charge in [0.05, 0.1) is 6.10 Å². The topological polar surface area (TPSA) is 40.5 Å². The third-order valence-corrected chi connectivity index (χ3v) is 7.68. The van der Waals surface area contributed by atoms with Crippen LogP contribution in [0.5, 0.6) is 0 Å². The first-order valence-corrected chi connectivity index (χ1v) is 8.57. The summed E-state index contributed by atoms with van der Waals surface area (Å²) in [4.78, 5) is 0. The quantitative estimate of drug-likeness (QED) is 0.722. The number of fused-ring (bicyclic) bond motifs is 5. The lowest BCUT2D eigenvalue weighted by atomic mass is 9.42. The molecule has 4 aliphatic carbocycles. The van der Waals surface area contributed by atoms with Crippen molar-refractivity contribution in [3.05, 3.63) is 11.6 Å².